The first-order valence-electron chi connectivity index (χ1n) is 6.51. The summed E-state index contributed by atoms with van der Waals surface area (Å²) in [5.41, 5.74) is 2.34. The monoisotopic (exact) mass is 342 g/mol. The lowest BCUT2D eigenvalue weighted by Crippen LogP contribution is -2.28. The molecule has 7 heteroatoms. The van der Waals surface area contributed by atoms with E-state index in [1.807, 2.05) is 12.1 Å². The Morgan fingerprint density at radius 2 is 1.81 bits per heavy atom. The van der Waals surface area contributed by atoms with E-state index in [0.29, 0.717) is 11.4 Å². The number of hydrogen-bond acceptors (Lipinski definition) is 6. The van der Waals surface area contributed by atoms with E-state index in [2.05, 4.69) is 68.8 Å². The summed E-state index contributed by atoms with van der Waals surface area (Å²) >= 11 is 9.27. The van der Waals surface area contributed by atoms with Gasteiger partial charge in [0.05, 0.1) is 27.4 Å². The van der Waals surface area contributed by atoms with Crippen LogP contribution in [-0.2, 0) is 0 Å². The molecule has 0 heterocycles. The number of nitrogens with one attached hydrogen (secondary N) is 1. The van der Waals surface area contributed by atoms with Crippen LogP contribution in [0.5, 0.6) is 0 Å². The van der Waals surface area contributed by atoms with Gasteiger partial charge < -0.3 is 10.2 Å². The van der Waals surface area contributed by atoms with Crippen molar-refractivity contribution in [1.82, 2.24) is 4.90 Å². The number of isothiocyanates is 2. The zero-order chi connectivity index (χ0) is 14.8. The van der Waals surface area contributed by atoms with E-state index in [-0.39, 0.29) is 12.4 Å². The van der Waals surface area contributed by atoms with Crippen LogP contribution in [0.25, 0.3) is 0 Å². The lowest BCUT2D eigenvalue weighted by Gasteiger charge is -2.18. The first kappa shape index (κ1) is 19.9. The number of nitrogens with zero attached hydrogens (tertiary/aromatic N) is 3. The van der Waals surface area contributed by atoms with Gasteiger partial charge in [-0.05, 0) is 55.7 Å². The second kappa shape index (κ2) is 11.5. The molecule has 0 radical (unpaired) electrons. The Morgan fingerprint density at radius 3 is 2.38 bits per heavy atom. The normalized spacial score (nSPS) is 9.29. The van der Waals surface area contributed by atoms with Crippen LogP contribution in [-0.4, -0.2) is 41.4 Å². The van der Waals surface area contributed by atoms with Crippen LogP contribution in [0.2, 0.25) is 0 Å². The number of halogens is 1. The predicted octanol–water partition coefficient (Wildman–Crippen LogP) is 4.33. The minimum Gasteiger partial charge on any atom is -0.382 e. The minimum atomic E-state index is 0. The zero-order valence-corrected chi connectivity index (χ0v) is 14.6. The van der Waals surface area contributed by atoms with Crippen molar-refractivity contribution in [3.8, 4) is 0 Å². The van der Waals surface area contributed by atoms with Gasteiger partial charge in [-0.15, -0.1) is 12.4 Å². The predicted molar refractivity (Wildman–Crippen MR) is 99.3 cm³/mol. The van der Waals surface area contributed by atoms with Crippen molar-refractivity contribution in [2.45, 2.75) is 13.8 Å². The molecule has 0 spiro atoms. The number of likely N-dealkylation sites (N-methyl/N-ethyl adjacent to an activating group) is 1. The molecule has 1 N–H and O–H groups in total. The fourth-order valence-corrected chi connectivity index (χ4v) is 2.03. The van der Waals surface area contributed by atoms with E-state index in [9.17, 15) is 0 Å². The van der Waals surface area contributed by atoms with Crippen LogP contribution in [0, 0.1) is 0 Å². The molecule has 114 valence electrons. The Morgan fingerprint density at radius 1 is 1.14 bits per heavy atom. The molecule has 0 atom stereocenters. The number of aliphatic imine (C=N–C) groups is 2. The fourth-order valence-electron chi connectivity index (χ4n) is 1.82. The molecule has 0 aromatic heterocycles. The summed E-state index contributed by atoms with van der Waals surface area (Å²) in [6.07, 6.45) is 0. The molecule has 0 aliphatic heterocycles. The van der Waals surface area contributed by atoms with Crippen LogP contribution < -0.4 is 5.32 Å². The van der Waals surface area contributed by atoms with Gasteiger partial charge in [-0.2, -0.15) is 9.98 Å². The smallest absolute Gasteiger partial charge is 0.0992 e. The van der Waals surface area contributed by atoms with Crippen LogP contribution >= 0.6 is 36.8 Å². The molecule has 4 nitrogen and oxygen atoms in total. The standard InChI is InChI=1S/C14H18N4S2.ClH/c1-3-18(4-2)8-7-15-13-6-5-12(16-10-19)9-14(13)17-11-20;/h5-6,9,15H,3-4,7-8H2,1-2H3;1H. The average Bonchev–Trinajstić information content (AvgIpc) is 2.46. The number of thiocarbonyl (C=S) groups is 2. The topological polar surface area (TPSA) is 40.0 Å². The van der Waals surface area contributed by atoms with Gasteiger partial charge in [0.25, 0.3) is 0 Å². The first-order chi connectivity index (χ1) is 9.74. The van der Waals surface area contributed by atoms with Gasteiger partial charge in [0.2, 0.25) is 0 Å². The van der Waals surface area contributed by atoms with Gasteiger partial charge in [0.15, 0.2) is 0 Å². The number of anilines is 1. The van der Waals surface area contributed by atoms with E-state index in [0.717, 1.165) is 31.9 Å². The molecular weight excluding hydrogens is 324 g/mol. The van der Waals surface area contributed by atoms with E-state index in [1.54, 1.807) is 6.07 Å². The Balaban J connectivity index is 0.00000400. The first-order valence-corrected chi connectivity index (χ1v) is 7.32. The molecule has 0 aliphatic rings. The molecule has 0 fully saturated rings. The van der Waals surface area contributed by atoms with Gasteiger partial charge in [-0.1, -0.05) is 13.8 Å². The zero-order valence-electron chi connectivity index (χ0n) is 12.1. The maximum absolute atomic E-state index is 4.67. The maximum atomic E-state index is 4.67. The Bertz CT molecular complexity index is 534. The molecule has 1 aromatic rings. The van der Waals surface area contributed by atoms with Gasteiger partial charge >= 0.3 is 0 Å². The molecule has 0 unspecified atom stereocenters. The number of benzene rings is 1. The van der Waals surface area contributed by atoms with Crippen molar-refractivity contribution >= 4 is 64.2 Å². The van der Waals surface area contributed by atoms with Crippen molar-refractivity contribution < 1.29 is 0 Å². The summed E-state index contributed by atoms with van der Waals surface area (Å²) in [7, 11) is 0. The van der Waals surface area contributed by atoms with E-state index in [1.165, 1.54) is 0 Å². The molecular formula is C14H19ClN4S2. The number of hydrogen-bond donors (Lipinski definition) is 1. The third kappa shape index (κ3) is 6.91. The van der Waals surface area contributed by atoms with Gasteiger partial charge in [0.1, 0.15) is 0 Å². The van der Waals surface area contributed by atoms with Crippen LogP contribution in [0.15, 0.2) is 28.2 Å². The highest BCUT2D eigenvalue weighted by molar-refractivity contribution is 7.78. The van der Waals surface area contributed by atoms with Gasteiger partial charge in [0, 0.05) is 13.1 Å². The van der Waals surface area contributed by atoms with E-state index < -0.39 is 0 Å². The summed E-state index contributed by atoms with van der Waals surface area (Å²) in [4.78, 5) is 10.3. The highest BCUT2D eigenvalue weighted by atomic mass is 35.5. The lowest BCUT2D eigenvalue weighted by atomic mass is 10.2. The molecule has 1 rings (SSSR count). The summed E-state index contributed by atoms with van der Waals surface area (Å²) in [5.74, 6) is 0. The highest BCUT2D eigenvalue weighted by Crippen LogP contribution is 2.29. The van der Waals surface area contributed by atoms with E-state index >= 15 is 0 Å². The maximum Gasteiger partial charge on any atom is 0.0992 e. The highest BCUT2D eigenvalue weighted by Gasteiger charge is 2.04. The SMILES string of the molecule is CCN(CC)CCNc1ccc(N=C=S)cc1N=C=S.Cl. The fraction of sp³-hybridized carbons (Fsp3) is 0.429. The van der Waals surface area contributed by atoms with Crippen LogP contribution in [0.4, 0.5) is 17.1 Å². The van der Waals surface area contributed by atoms with E-state index in [4.69, 9.17) is 0 Å². The summed E-state index contributed by atoms with van der Waals surface area (Å²) in [6, 6.07) is 5.58. The third-order valence-corrected chi connectivity index (χ3v) is 3.14. The molecule has 0 bridgehead atoms. The van der Waals surface area contributed by atoms with Gasteiger partial charge in [-0.25, -0.2) is 0 Å². The average molecular weight is 343 g/mol. The van der Waals surface area contributed by atoms with Crippen molar-refractivity contribution in [1.29, 1.82) is 0 Å². The summed E-state index contributed by atoms with van der Waals surface area (Å²) in [6.45, 7) is 8.23. The second-order valence-corrected chi connectivity index (χ2v) is 4.43. The summed E-state index contributed by atoms with van der Waals surface area (Å²) < 4.78 is 0. The summed E-state index contributed by atoms with van der Waals surface area (Å²) in [5, 5.41) is 8.08. The second-order valence-electron chi connectivity index (χ2n) is 4.06. The van der Waals surface area contributed by atoms with Crippen molar-refractivity contribution in [2.75, 3.05) is 31.5 Å². The molecule has 21 heavy (non-hydrogen) atoms. The Kier molecular flexibility index (Phi) is 10.9. The van der Waals surface area contributed by atoms with Crippen LogP contribution in [0.3, 0.4) is 0 Å². The van der Waals surface area contributed by atoms with Gasteiger partial charge in [-0.3, -0.25) is 0 Å². The Labute approximate surface area is 142 Å². The quantitative estimate of drug-likeness (QED) is 0.564. The molecule has 0 aliphatic carbocycles. The minimum absolute atomic E-state index is 0. The van der Waals surface area contributed by atoms with Crippen molar-refractivity contribution in [2.24, 2.45) is 9.98 Å². The third-order valence-electron chi connectivity index (χ3n) is 2.96. The lowest BCUT2D eigenvalue weighted by molar-refractivity contribution is 0.316. The molecule has 0 saturated carbocycles. The Hall–Kier alpha value is -1.13. The molecule has 0 saturated heterocycles. The largest absolute Gasteiger partial charge is 0.382 e. The molecule has 1 aromatic carbocycles. The van der Waals surface area contributed by atoms with Crippen LogP contribution in [0.1, 0.15) is 13.8 Å². The molecule has 0 amide bonds. The van der Waals surface area contributed by atoms with Crippen molar-refractivity contribution in [3.05, 3.63) is 18.2 Å². The number of rotatable bonds is 8. The van der Waals surface area contributed by atoms with Crippen molar-refractivity contribution in [3.63, 3.8) is 0 Å².